The predicted octanol–water partition coefficient (Wildman–Crippen LogP) is 4.31. The van der Waals surface area contributed by atoms with Gasteiger partial charge in [-0.3, -0.25) is 4.90 Å². The van der Waals surface area contributed by atoms with Gasteiger partial charge in [-0.2, -0.15) is 0 Å². The molecule has 0 N–H and O–H groups in total. The quantitative estimate of drug-likeness (QED) is 0.611. The van der Waals surface area contributed by atoms with Crippen LogP contribution in [0.2, 0.25) is 0 Å². The fourth-order valence-corrected chi connectivity index (χ4v) is 3.27. The molecule has 2 heterocycles. The summed E-state index contributed by atoms with van der Waals surface area (Å²) in [5.74, 6) is 0.642. The summed E-state index contributed by atoms with van der Waals surface area (Å²) in [7, 11) is 2.04. The van der Waals surface area contributed by atoms with Gasteiger partial charge in [0.25, 0.3) is 5.17 Å². The number of rotatable bonds is 3. The van der Waals surface area contributed by atoms with Crippen molar-refractivity contribution in [2.24, 2.45) is 7.05 Å². The van der Waals surface area contributed by atoms with Gasteiger partial charge in [-0.1, -0.05) is 42.0 Å². The molecule has 0 spiro atoms. The fourth-order valence-electron chi connectivity index (χ4n) is 2.59. The molecule has 0 bridgehead atoms. The third-order valence-electron chi connectivity index (χ3n) is 3.98. The third kappa shape index (κ3) is 2.94. The van der Waals surface area contributed by atoms with Crippen molar-refractivity contribution in [1.29, 1.82) is 0 Å². The van der Waals surface area contributed by atoms with Crippen LogP contribution < -0.4 is 0 Å². The number of aromatic nitrogens is 1. The van der Waals surface area contributed by atoms with Gasteiger partial charge in [0, 0.05) is 31.1 Å². The van der Waals surface area contributed by atoms with Gasteiger partial charge < -0.3 is 9.30 Å². The van der Waals surface area contributed by atoms with Gasteiger partial charge in [0.15, 0.2) is 10.7 Å². The first kappa shape index (κ1) is 15.9. The standard InChI is InChI=1S/C18H18N2OS2/c1-4-20-17(22)16(21-18(20)23)11-14-9-10-15(19(14)3)13-7-5-12(2)6-8-13/h5-11H,4H2,1-3H3/b16-11-. The van der Waals surface area contributed by atoms with E-state index < -0.39 is 0 Å². The lowest BCUT2D eigenvalue weighted by Crippen LogP contribution is -2.26. The molecule has 1 fully saturated rings. The van der Waals surface area contributed by atoms with E-state index in [-0.39, 0.29) is 0 Å². The zero-order valence-corrected chi connectivity index (χ0v) is 15.0. The van der Waals surface area contributed by atoms with E-state index in [1.165, 1.54) is 11.1 Å². The molecule has 5 heteroatoms. The highest BCUT2D eigenvalue weighted by Gasteiger charge is 2.28. The topological polar surface area (TPSA) is 17.4 Å². The molecule has 1 saturated heterocycles. The van der Waals surface area contributed by atoms with Crippen LogP contribution in [0.5, 0.6) is 0 Å². The first-order valence-electron chi connectivity index (χ1n) is 7.49. The minimum Gasteiger partial charge on any atom is -0.428 e. The second-order valence-corrected chi connectivity index (χ2v) is 6.23. The number of hydrogen-bond donors (Lipinski definition) is 0. The molecule has 0 atom stereocenters. The van der Waals surface area contributed by atoms with Gasteiger partial charge in [0.2, 0.25) is 0 Å². The summed E-state index contributed by atoms with van der Waals surface area (Å²) < 4.78 is 7.76. The number of benzene rings is 1. The molecular formula is C18H18N2OS2. The van der Waals surface area contributed by atoms with Crippen LogP contribution >= 0.6 is 24.4 Å². The van der Waals surface area contributed by atoms with Crippen molar-refractivity contribution >= 4 is 40.7 Å². The van der Waals surface area contributed by atoms with Crippen LogP contribution in [-0.2, 0) is 11.8 Å². The van der Waals surface area contributed by atoms with Crippen molar-refractivity contribution in [3.63, 3.8) is 0 Å². The molecule has 1 aliphatic heterocycles. The molecule has 0 radical (unpaired) electrons. The van der Waals surface area contributed by atoms with Crippen molar-refractivity contribution in [2.75, 3.05) is 6.54 Å². The highest BCUT2D eigenvalue weighted by Crippen LogP contribution is 2.25. The van der Waals surface area contributed by atoms with E-state index in [2.05, 4.69) is 47.9 Å². The minimum absolute atomic E-state index is 0.428. The molecule has 118 valence electrons. The lowest BCUT2D eigenvalue weighted by molar-refractivity contribution is 0.442. The molecule has 3 nitrogen and oxygen atoms in total. The maximum absolute atomic E-state index is 5.63. The van der Waals surface area contributed by atoms with Crippen molar-refractivity contribution in [3.05, 3.63) is 53.4 Å². The number of ether oxygens (including phenoxy) is 1. The van der Waals surface area contributed by atoms with Crippen molar-refractivity contribution in [2.45, 2.75) is 13.8 Å². The lowest BCUT2D eigenvalue weighted by Gasteiger charge is -2.09. The van der Waals surface area contributed by atoms with Crippen LogP contribution in [0.25, 0.3) is 17.3 Å². The Morgan fingerprint density at radius 2 is 1.78 bits per heavy atom. The number of likely N-dealkylation sites (N-methyl/N-ethyl adjacent to an activating group) is 1. The van der Waals surface area contributed by atoms with E-state index in [0.717, 1.165) is 17.9 Å². The van der Waals surface area contributed by atoms with E-state index in [1.807, 2.05) is 24.9 Å². The lowest BCUT2D eigenvalue weighted by atomic mass is 10.1. The summed E-state index contributed by atoms with van der Waals surface area (Å²) >= 11 is 10.6. The second-order valence-electron chi connectivity index (χ2n) is 5.49. The summed E-state index contributed by atoms with van der Waals surface area (Å²) in [5, 5.41) is 0.428. The van der Waals surface area contributed by atoms with E-state index in [0.29, 0.717) is 15.9 Å². The highest BCUT2D eigenvalue weighted by atomic mass is 32.1. The van der Waals surface area contributed by atoms with Crippen LogP contribution in [0.3, 0.4) is 0 Å². The average Bonchev–Trinajstić information content (AvgIpc) is 3.01. The number of nitrogens with zero attached hydrogens (tertiary/aromatic N) is 2. The molecule has 1 aromatic heterocycles. The Kier molecular flexibility index (Phi) is 4.33. The van der Waals surface area contributed by atoms with Crippen LogP contribution in [0.4, 0.5) is 0 Å². The van der Waals surface area contributed by atoms with E-state index >= 15 is 0 Å². The summed E-state index contributed by atoms with van der Waals surface area (Å²) in [4.78, 5) is 2.47. The summed E-state index contributed by atoms with van der Waals surface area (Å²) in [6.07, 6.45) is 1.95. The Morgan fingerprint density at radius 1 is 1.09 bits per heavy atom. The molecule has 0 aliphatic carbocycles. The Balaban J connectivity index is 1.94. The van der Waals surface area contributed by atoms with Gasteiger partial charge in [0.1, 0.15) is 0 Å². The molecule has 3 rings (SSSR count). The Hall–Kier alpha value is -1.98. The van der Waals surface area contributed by atoms with E-state index in [4.69, 9.17) is 29.2 Å². The average molecular weight is 342 g/mol. The van der Waals surface area contributed by atoms with E-state index in [9.17, 15) is 0 Å². The number of thiocarbonyl (C=S) groups is 2. The van der Waals surface area contributed by atoms with Gasteiger partial charge in [0.05, 0.1) is 0 Å². The number of aryl methyl sites for hydroxylation is 1. The van der Waals surface area contributed by atoms with Crippen molar-refractivity contribution in [3.8, 4) is 11.3 Å². The van der Waals surface area contributed by atoms with Gasteiger partial charge in [-0.25, -0.2) is 0 Å². The van der Waals surface area contributed by atoms with Crippen LogP contribution in [0.15, 0.2) is 42.2 Å². The first-order chi connectivity index (χ1) is 11.0. The van der Waals surface area contributed by atoms with Crippen LogP contribution in [-0.4, -0.2) is 26.2 Å². The zero-order chi connectivity index (χ0) is 16.6. The summed E-state index contributed by atoms with van der Waals surface area (Å²) in [6, 6.07) is 12.7. The van der Waals surface area contributed by atoms with Gasteiger partial charge in [-0.15, -0.1) is 0 Å². The SMILES string of the molecule is CCN1C(=S)O/C(=C\c2ccc(-c3ccc(C)cc3)n2C)C1=S. The zero-order valence-electron chi connectivity index (χ0n) is 13.4. The molecule has 0 unspecified atom stereocenters. The second kappa shape index (κ2) is 6.26. The molecule has 23 heavy (non-hydrogen) atoms. The molecule has 1 aromatic carbocycles. The van der Waals surface area contributed by atoms with Crippen LogP contribution in [0.1, 0.15) is 18.2 Å². The molecule has 0 saturated carbocycles. The predicted molar refractivity (Wildman–Crippen MR) is 102 cm³/mol. The maximum Gasteiger partial charge on any atom is 0.270 e. The molecule has 2 aromatic rings. The Bertz CT molecular complexity index is 803. The van der Waals surface area contributed by atoms with Crippen molar-refractivity contribution < 1.29 is 4.74 Å². The molecule has 1 aliphatic rings. The van der Waals surface area contributed by atoms with E-state index in [1.54, 1.807) is 0 Å². The normalized spacial score (nSPS) is 16.3. The largest absolute Gasteiger partial charge is 0.428 e. The van der Waals surface area contributed by atoms with Gasteiger partial charge >= 0.3 is 0 Å². The Labute approximate surface area is 147 Å². The Morgan fingerprint density at radius 3 is 2.39 bits per heavy atom. The monoisotopic (exact) mass is 342 g/mol. The van der Waals surface area contributed by atoms with Crippen molar-refractivity contribution in [1.82, 2.24) is 9.47 Å². The van der Waals surface area contributed by atoms with Crippen LogP contribution in [0, 0.1) is 6.92 Å². The van der Waals surface area contributed by atoms with Gasteiger partial charge in [-0.05, 0) is 43.8 Å². The summed E-state index contributed by atoms with van der Waals surface area (Å²) in [6.45, 7) is 4.81. The molecule has 0 amide bonds. The third-order valence-corrected chi connectivity index (χ3v) is 4.70. The summed E-state index contributed by atoms with van der Waals surface area (Å²) in [5.41, 5.74) is 4.61. The smallest absolute Gasteiger partial charge is 0.270 e. The number of hydrogen-bond acceptors (Lipinski definition) is 3. The highest BCUT2D eigenvalue weighted by molar-refractivity contribution is 7.82. The minimum atomic E-state index is 0.428. The fraction of sp³-hybridized carbons (Fsp3) is 0.222. The first-order valence-corrected chi connectivity index (χ1v) is 8.31. The molecular weight excluding hydrogens is 324 g/mol. The maximum atomic E-state index is 5.63.